The summed E-state index contributed by atoms with van der Waals surface area (Å²) in [5.41, 5.74) is 0. The van der Waals surface area contributed by atoms with Gasteiger partial charge in [0.15, 0.2) is 0 Å². The summed E-state index contributed by atoms with van der Waals surface area (Å²) in [7, 11) is 13.9. The molecule has 2 rings (SSSR count). The van der Waals surface area contributed by atoms with E-state index < -0.39 is 0 Å². The maximum absolute atomic E-state index is 4.54. The van der Waals surface area contributed by atoms with E-state index in [9.17, 15) is 0 Å². The van der Waals surface area contributed by atoms with Crippen molar-refractivity contribution in [2.75, 3.05) is 75.8 Å². The van der Waals surface area contributed by atoms with Crippen molar-refractivity contribution in [3.63, 3.8) is 0 Å². The van der Waals surface area contributed by atoms with Crippen LogP contribution < -0.4 is 5.32 Å². The Morgan fingerprint density at radius 1 is 0.880 bits per heavy atom. The average Bonchev–Trinajstić information content (AvgIpc) is 2.59. The number of likely N-dealkylation sites (N-methyl/N-ethyl adjacent to an activating group) is 2. The Balaban J connectivity index is 1.93. The van der Waals surface area contributed by atoms with Crippen molar-refractivity contribution >= 4 is 23.8 Å². The van der Waals surface area contributed by atoms with Gasteiger partial charge in [-0.1, -0.05) is 0 Å². The van der Waals surface area contributed by atoms with Crippen LogP contribution in [0.2, 0.25) is 0 Å². The van der Waals surface area contributed by atoms with Crippen LogP contribution in [0.5, 0.6) is 0 Å². The average molecular weight is 350 g/mol. The fourth-order valence-corrected chi connectivity index (χ4v) is 2.60. The molecular formula is C15H30N10. The summed E-state index contributed by atoms with van der Waals surface area (Å²) in [5, 5.41) is 3.21. The van der Waals surface area contributed by atoms with Gasteiger partial charge in [0.1, 0.15) is 13.3 Å². The van der Waals surface area contributed by atoms with Gasteiger partial charge in [0.05, 0.1) is 0 Å². The molecule has 1 N–H and O–H groups in total. The molecule has 10 nitrogen and oxygen atoms in total. The first-order valence-electron chi connectivity index (χ1n) is 8.27. The largest absolute Gasteiger partial charge is 0.349 e. The van der Waals surface area contributed by atoms with Crippen LogP contribution in [0.15, 0.2) is 20.0 Å². The van der Waals surface area contributed by atoms with Crippen molar-refractivity contribution in [1.82, 2.24) is 29.8 Å². The summed E-state index contributed by atoms with van der Waals surface area (Å²) in [6, 6.07) is 0. The Labute approximate surface area is 150 Å². The van der Waals surface area contributed by atoms with Crippen LogP contribution >= 0.6 is 0 Å². The molecular weight excluding hydrogens is 320 g/mol. The number of nitrogens with zero attached hydrogens (tertiary/aromatic N) is 9. The van der Waals surface area contributed by atoms with Crippen molar-refractivity contribution in [2.45, 2.75) is 0 Å². The third kappa shape index (κ3) is 4.52. The van der Waals surface area contributed by atoms with E-state index in [1.807, 2.05) is 64.0 Å². The summed E-state index contributed by atoms with van der Waals surface area (Å²) in [4.78, 5) is 28.0. The molecule has 0 saturated carbocycles. The third-order valence-electron chi connectivity index (χ3n) is 3.96. The van der Waals surface area contributed by atoms with Gasteiger partial charge in [0, 0.05) is 62.4 Å². The highest BCUT2D eigenvalue weighted by Gasteiger charge is 2.22. The quantitative estimate of drug-likeness (QED) is 0.693. The Bertz CT molecular complexity index is 589. The minimum Gasteiger partial charge on any atom is -0.349 e. The number of nitrogens with one attached hydrogen (secondary N) is 1. The first-order valence-corrected chi connectivity index (χ1v) is 8.27. The molecule has 0 spiro atoms. The van der Waals surface area contributed by atoms with E-state index in [0.717, 1.165) is 36.9 Å². The first kappa shape index (κ1) is 18.8. The Morgan fingerprint density at radius 3 is 2.16 bits per heavy atom. The molecule has 0 atom stereocenters. The molecule has 0 unspecified atom stereocenters. The van der Waals surface area contributed by atoms with Gasteiger partial charge in [-0.3, -0.25) is 4.90 Å². The number of guanidine groups is 4. The summed E-state index contributed by atoms with van der Waals surface area (Å²) in [5.74, 6) is 3.40. The summed E-state index contributed by atoms with van der Waals surface area (Å²) in [6.45, 7) is 2.63. The maximum atomic E-state index is 4.54. The van der Waals surface area contributed by atoms with Crippen LogP contribution in [0, 0.1) is 0 Å². The molecule has 2 heterocycles. The fourth-order valence-electron chi connectivity index (χ4n) is 2.60. The second-order valence-corrected chi connectivity index (χ2v) is 6.48. The normalized spacial score (nSPS) is 17.0. The lowest BCUT2D eigenvalue weighted by atomic mass is 10.4. The zero-order chi connectivity index (χ0) is 18.6. The summed E-state index contributed by atoms with van der Waals surface area (Å²) >= 11 is 0. The van der Waals surface area contributed by atoms with Crippen LogP contribution in [-0.2, 0) is 0 Å². The van der Waals surface area contributed by atoms with Crippen LogP contribution in [0.3, 0.4) is 0 Å². The minimum atomic E-state index is 0.463. The van der Waals surface area contributed by atoms with Gasteiger partial charge < -0.3 is 24.9 Å². The highest BCUT2D eigenvalue weighted by Crippen LogP contribution is 2.05. The summed E-state index contributed by atoms with van der Waals surface area (Å²) in [6.07, 6.45) is 0. The van der Waals surface area contributed by atoms with Gasteiger partial charge in [0.2, 0.25) is 23.8 Å². The molecule has 0 aromatic carbocycles. The standard InChI is InChI=1S/C15H30N10/c1-21(2)12-16-10-17-13(20-12)23(5)8-9-24(6)15-19-11-18-14(22(3)4)25(15)7/h8-11H2,1-7H3,(H,16,17,20). The highest BCUT2D eigenvalue weighted by molar-refractivity contribution is 5.99. The van der Waals surface area contributed by atoms with E-state index in [1.165, 1.54) is 0 Å². The van der Waals surface area contributed by atoms with E-state index in [1.54, 1.807) is 0 Å². The fraction of sp³-hybridized carbons (Fsp3) is 0.733. The Hall–Kier alpha value is -2.52. The van der Waals surface area contributed by atoms with Crippen LogP contribution in [0.4, 0.5) is 0 Å². The number of hydrogen-bond donors (Lipinski definition) is 1. The van der Waals surface area contributed by atoms with Gasteiger partial charge >= 0.3 is 0 Å². The number of aliphatic imine (C=N–C) groups is 4. The molecule has 0 bridgehead atoms. The van der Waals surface area contributed by atoms with Crippen molar-refractivity contribution in [1.29, 1.82) is 0 Å². The second kappa shape index (κ2) is 8.04. The molecule has 0 amide bonds. The van der Waals surface area contributed by atoms with Gasteiger partial charge in [-0.05, 0) is 0 Å². The zero-order valence-corrected chi connectivity index (χ0v) is 16.4. The molecule has 2 aliphatic heterocycles. The number of rotatable bonds is 3. The van der Waals surface area contributed by atoms with Crippen LogP contribution in [-0.4, -0.2) is 124 Å². The maximum Gasteiger partial charge on any atom is 0.225 e. The van der Waals surface area contributed by atoms with E-state index in [-0.39, 0.29) is 0 Å². The molecule has 2 aliphatic rings. The van der Waals surface area contributed by atoms with E-state index in [2.05, 4.69) is 35.1 Å². The zero-order valence-electron chi connectivity index (χ0n) is 16.4. The number of hydrogen-bond acceptors (Lipinski definition) is 10. The molecule has 0 fully saturated rings. The smallest absolute Gasteiger partial charge is 0.225 e. The topological polar surface area (TPSA) is 77.7 Å². The van der Waals surface area contributed by atoms with Gasteiger partial charge in [-0.15, -0.1) is 0 Å². The van der Waals surface area contributed by atoms with E-state index in [0.29, 0.717) is 13.3 Å². The predicted molar refractivity (Wildman–Crippen MR) is 103 cm³/mol. The molecule has 140 valence electrons. The molecule has 25 heavy (non-hydrogen) atoms. The van der Waals surface area contributed by atoms with Gasteiger partial charge in [0.25, 0.3) is 0 Å². The van der Waals surface area contributed by atoms with E-state index in [4.69, 9.17) is 0 Å². The molecule has 0 aromatic rings. The third-order valence-corrected chi connectivity index (χ3v) is 3.96. The van der Waals surface area contributed by atoms with Crippen molar-refractivity contribution in [3.05, 3.63) is 0 Å². The molecule has 10 heteroatoms. The first-order chi connectivity index (χ1) is 11.8. The van der Waals surface area contributed by atoms with Gasteiger partial charge in [-0.2, -0.15) is 4.99 Å². The van der Waals surface area contributed by atoms with Crippen LogP contribution in [0.1, 0.15) is 0 Å². The second-order valence-electron chi connectivity index (χ2n) is 6.48. The van der Waals surface area contributed by atoms with Crippen molar-refractivity contribution in [3.8, 4) is 0 Å². The van der Waals surface area contributed by atoms with Gasteiger partial charge in [-0.25, -0.2) is 15.0 Å². The molecule has 0 aromatic heterocycles. The molecule has 0 radical (unpaired) electrons. The Kier molecular flexibility index (Phi) is 6.05. The lowest BCUT2D eigenvalue weighted by molar-refractivity contribution is 0.370. The van der Waals surface area contributed by atoms with E-state index >= 15 is 0 Å². The predicted octanol–water partition coefficient (Wildman–Crippen LogP) is -1.14. The minimum absolute atomic E-state index is 0.463. The Morgan fingerprint density at radius 2 is 1.52 bits per heavy atom. The molecule has 0 aliphatic carbocycles. The summed E-state index contributed by atoms with van der Waals surface area (Å²) < 4.78 is 0. The molecule has 0 saturated heterocycles. The van der Waals surface area contributed by atoms with Crippen molar-refractivity contribution < 1.29 is 0 Å². The SMILES string of the molecule is CN(C)C1=NCNC(N(C)CCN(C)C2=NCN=C(N(C)C)N2C)=N1. The monoisotopic (exact) mass is 350 g/mol. The lowest BCUT2D eigenvalue weighted by Gasteiger charge is -2.35. The van der Waals surface area contributed by atoms with Crippen molar-refractivity contribution in [2.24, 2.45) is 20.0 Å². The lowest BCUT2D eigenvalue weighted by Crippen LogP contribution is -2.52. The highest BCUT2D eigenvalue weighted by atomic mass is 15.5. The van der Waals surface area contributed by atoms with Crippen LogP contribution in [0.25, 0.3) is 0 Å².